The molecule has 8 heteroatoms. The van der Waals surface area contributed by atoms with Crippen molar-refractivity contribution in [3.63, 3.8) is 0 Å². The Balaban J connectivity index is 2.17. The highest BCUT2D eigenvalue weighted by Gasteiger charge is 2.08. The molecule has 0 atom stereocenters. The Labute approximate surface area is 112 Å². The van der Waals surface area contributed by atoms with Gasteiger partial charge in [-0.3, -0.25) is 14.7 Å². The fraction of sp³-hybridized carbons (Fsp3) is 0. The number of aromatic nitrogens is 2. The van der Waals surface area contributed by atoms with Gasteiger partial charge in [-0.1, -0.05) is 0 Å². The van der Waals surface area contributed by atoms with Crippen molar-refractivity contribution in [1.82, 2.24) is 15.6 Å². The van der Waals surface area contributed by atoms with Crippen LogP contribution in [-0.4, -0.2) is 28.2 Å². The van der Waals surface area contributed by atoms with Gasteiger partial charge in [0.15, 0.2) is 0 Å². The van der Waals surface area contributed by atoms with E-state index in [1.54, 1.807) is 12.1 Å². The van der Waals surface area contributed by atoms with E-state index in [0.29, 0.717) is 16.8 Å². The van der Waals surface area contributed by atoms with E-state index in [1.807, 2.05) is 5.43 Å². The largest absolute Gasteiger partial charge is 0.361 e. The maximum Gasteiger partial charge on any atom is 0.329 e. The quantitative estimate of drug-likeness (QED) is 0.421. The molecule has 0 radical (unpaired) electrons. The predicted octanol–water partition coefficient (Wildman–Crippen LogP) is 0.151. The minimum Gasteiger partial charge on any atom is -0.361 e. The van der Waals surface area contributed by atoms with Crippen LogP contribution < -0.4 is 11.2 Å². The Morgan fingerprint density at radius 3 is 2.70 bits per heavy atom. The zero-order valence-corrected chi connectivity index (χ0v) is 10.1. The monoisotopic (exact) mass is 275 g/mol. The minimum atomic E-state index is -1.13. The Kier molecular flexibility index (Phi) is 3.85. The molecule has 4 N–H and O–H groups in total. The molecule has 2 amide bonds. The Morgan fingerprint density at radius 1 is 1.35 bits per heavy atom. The van der Waals surface area contributed by atoms with Crippen molar-refractivity contribution in [2.24, 2.45) is 10.8 Å². The summed E-state index contributed by atoms with van der Waals surface area (Å²) >= 11 is 0. The molecule has 2 rings (SSSR count). The van der Waals surface area contributed by atoms with E-state index < -0.39 is 11.8 Å². The van der Waals surface area contributed by atoms with Gasteiger partial charge < -0.3 is 5.73 Å². The zero-order chi connectivity index (χ0) is 14.5. The summed E-state index contributed by atoms with van der Waals surface area (Å²) in [6.45, 7) is 0. The third-order valence-corrected chi connectivity index (χ3v) is 2.40. The van der Waals surface area contributed by atoms with Crippen LogP contribution in [0.25, 0.3) is 11.3 Å². The summed E-state index contributed by atoms with van der Waals surface area (Å²) in [7, 11) is 0. The second-order valence-corrected chi connectivity index (χ2v) is 3.77. The number of nitrogens with two attached hydrogens (primary N) is 1. The van der Waals surface area contributed by atoms with Crippen LogP contribution in [0.15, 0.2) is 35.6 Å². The zero-order valence-electron chi connectivity index (χ0n) is 10.1. The third kappa shape index (κ3) is 3.05. The molecule has 0 saturated heterocycles. The Bertz CT molecular complexity index is 663. The molecule has 2 aromatic rings. The van der Waals surface area contributed by atoms with Crippen molar-refractivity contribution < 1.29 is 14.0 Å². The van der Waals surface area contributed by atoms with Crippen LogP contribution in [-0.2, 0) is 9.59 Å². The van der Waals surface area contributed by atoms with Gasteiger partial charge in [-0.15, -0.1) is 0 Å². The lowest BCUT2D eigenvalue weighted by Gasteiger charge is -1.99. The molecule has 20 heavy (non-hydrogen) atoms. The molecule has 7 nitrogen and oxygen atoms in total. The maximum atomic E-state index is 12.9. The summed E-state index contributed by atoms with van der Waals surface area (Å²) in [4.78, 5) is 21.4. The average Bonchev–Trinajstić information content (AvgIpc) is 2.88. The third-order valence-electron chi connectivity index (χ3n) is 2.40. The van der Waals surface area contributed by atoms with Crippen molar-refractivity contribution in [3.05, 3.63) is 41.8 Å². The minimum absolute atomic E-state index is 0.350. The van der Waals surface area contributed by atoms with E-state index in [2.05, 4.69) is 15.3 Å². The summed E-state index contributed by atoms with van der Waals surface area (Å²) in [5.74, 6) is -2.50. The molecule has 0 unspecified atom stereocenters. The lowest BCUT2D eigenvalue weighted by Crippen LogP contribution is -2.32. The average molecular weight is 275 g/mol. The van der Waals surface area contributed by atoms with Gasteiger partial charge in [-0.05, 0) is 24.3 Å². The summed E-state index contributed by atoms with van der Waals surface area (Å²) in [5, 5.41) is 10.2. The molecule has 102 valence electrons. The van der Waals surface area contributed by atoms with Crippen molar-refractivity contribution in [2.45, 2.75) is 0 Å². The summed E-state index contributed by atoms with van der Waals surface area (Å²) in [6.07, 6.45) is 2.77. The fourth-order valence-electron chi connectivity index (χ4n) is 1.46. The number of aromatic amines is 1. The molecule has 0 spiro atoms. The van der Waals surface area contributed by atoms with Crippen LogP contribution in [0.3, 0.4) is 0 Å². The number of nitrogens with one attached hydrogen (secondary N) is 2. The van der Waals surface area contributed by atoms with Gasteiger partial charge in [-0.2, -0.15) is 10.2 Å². The van der Waals surface area contributed by atoms with Gasteiger partial charge in [-0.25, -0.2) is 9.82 Å². The molecule has 0 fully saturated rings. The summed E-state index contributed by atoms with van der Waals surface area (Å²) < 4.78 is 12.9. The Morgan fingerprint density at radius 2 is 2.05 bits per heavy atom. The number of H-pyrrole nitrogens is 1. The molecule has 0 aliphatic heterocycles. The Hall–Kier alpha value is -3.03. The number of primary amides is 1. The van der Waals surface area contributed by atoms with Gasteiger partial charge in [0, 0.05) is 11.1 Å². The fourth-order valence-corrected chi connectivity index (χ4v) is 1.46. The first-order valence-electron chi connectivity index (χ1n) is 5.50. The molecule has 1 heterocycles. The van der Waals surface area contributed by atoms with E-state index >= 15 is 0 Å². The highest BCUT2D eigenvalue weighted by molar-refractivity contribution is 6.34. The number of hydrogen-bond donors (Lipinski definition) is 3. The van der Waals surface area contributed by atoms with Crippen LogP contribution in [0.1, 0.15) is 5.56 Å². The van der Waals surface area contributed by atoms with Crippen molar-refractivity contribution in [2.75, 3.05) is 0 Å². The lowest BCUT2D eigenvalue weighted by molar-refractivity contribution is -0.137. The summed E-state index contributed by atoms with van der Waals surface area (Å²) in [6, 6.07) is 5.77. The van der Waals surface area contributed by atoms with Crippen molar-refractivity contribution in [1.29, 1.82) is 0 Å². The number of hydrazone groups is 1. The van der Waals surface area contributed by atoms with Crippen molar-refractivity contribution in [3.8, 4) is 11.3 Å². The number of carbonyl (C=O) groups is 2. The first-order chi connectivity index (χ1) is 9.58. The molecular weight excluding hydrogens is 265 g/mol. The van der Waals surface area contributed by atoms with Gasteiger partial charge in [0.1, 0.15) is 5.82 Å². The number of benzene rings is 1. The number of hydrogen-bond acceptors (Lipinski definition) is 4. The summed E-state index contributed by atoms with van der Waals surface area (Å²) in [5.41, 5.74) is 8.57. The molecular formula is C12H10FN5O2. The normalized spacial score (nSPS) is 10.7. The number of halogens is 1. The SMILES string of the molecule is NC(=O)C(=O)N/N=C/c1cn[nH]c1-c1ccc(F)cc1. The van der Waals surface area contributed by atoms with Gasteiger partial charge in [0.2, 0.25) is 0 Å². The van der Waals surface area contributed by atoms with Gasteiger partial charge in [0.25, 0.3) is 0 Å². The maximum absolute atomic E-state index is 12.9. The number of carbonyl (C=O) groups excluding carboxylic acids is 2. The number of rotatable bonds is 3. The van der Waals surface area contributed by atoms with E-state index in [4.69, 9.17) is 5.73 Å². The first-order valence-corrected chi connectivity index (χ1v) is 5.50. The molecule has 0 aliphatic carbocycles. The highest BCUT2D eigenvalue weighted by atomic mass is 19.1. The second kappa shape index (κ2) is 5.74. The van der Waals surface area contributed by atoms with E-state index in [1.165, 1.54) is 24.5 Å². The number of nitrogens with zero attached hydrogens (tertiary/aromatic N) is 2. The van der Waals surface area contributed by atoms with Gasteiger partial charge in [0.05, 0.1) is 18.1 Å². The number of amides is 2. The van der Waals surface area contributed by atoms with E-state index in [9.17, 15) is 14.0 Å². The van der Waals surface area contributed by atoms with Crippen LogP contribution in [0.2, 0.25) is 0 Å². The van der Waals surface area contributed by atoms with Crippen LogP contribution >= 0.6 is 0 Å². The lowest BCUT2D eigenvalue weighted by atomic mass is 10.1. The van der Waals surface area contributed by atoms with Crippen LogP contribution in [0.4, 0.5) is 4.39 Å². The predicted molar refractivity (Wildman–Crippen MR) is 68.9 cm³/mol. The molecule has 1 aromatic heterocycles. The van der Waals surface area contributed by atoms with Crippen LogP contribution in [0.5, 0.6) is 0 Å². The smallest absolute Gasteiger partial charge is 0.329 e. The molecule has 0 saturated carbocycles. The molecule has 0 bridgehead atoms. The van der Waals surface area contributed by atoms with E-state index in [-0.39, 0.29) is 5.82 Å². The topological polar surface area (TPSA) is 113 Å². The second-order valence-electron chi connectivity index (χ2n) is 3.77. The van der Waals surface area contributed by atoms with Crippen LogP contribution in [0, 0.1) is 5.82 Å². The van der Waals surface area contributed by atoms with Gasteiger partial charge >= 0.3 is 11.8 Å². The van der Waals surface area contributed by atoms with E-state index in [0.717, 1.165) is 0 Å². The van der Waals surface area contributed by atoms with Crippen molar-refractivity contribution >= 4 is 18.0 Å². The highest BCUT2D eigenvalue weighted by Crippen LogP contribution is 2.19. The standard InChI is InChI=1S/C12H10FN5O2/c13-9-3-1-7(2-4-9)10-8(5-15-17-10)6-16-18-12(20)11(14)19/h1-6H,(H2,14,19)(H,15,17)(H,18,20)/b16-6+. The molecule has 1 aromatic carbocycles. The first kappa shape index (κ1) is 13.4. The molecule has 0 aliphatic rings.